The van der Waals surface area contributed by atoms with Crippen molar-refractivity contribution in [3.05, 3.63) is 42.5 Å². The second-order valence-corrected chi connectivity index (χ2v) is 7.68. The molecule has 1 atom stereocenters. The minimum absolute atomic E-state index is 0.150. The summed E-state index contributed by atoms with van der Waals surface area (Å²) in [6.45, 7) is 3.58. The number of anilines is 1. The van der Waals surface area contributed by atoms with Crippen LogP contribution in [-0.4, -0.2) is 37.8 Å². The van der Waals surface area contributed by atoms with Crippen LogP contribution in [-0.2, 0) is 6.54 Å². The zero-order chi connectivity index (χ0) is 16.1. The molecule has 0 bridgehead atoms. The van der Waals surface area contributed by atoms with Gasteiger partial charge < -0.3 is 10.6 Å². The molecule has 1 saturated heterocycles. The average Bonchev–Trinajstić information content (AvgIpc) is 3.20. The molecule has 23 heavy (non-hydrogen) atoms. The first-order valence-corrected chi connectivity index (χ1v) is 8.72. The Hall–Kier alpha value is -2.02. The van der Waals surface area contributed by atoms with Crippen LogP contribution in [0.3, 0.4) is 0 Å². The highest BCUT2D eigenvalue weighted by Gasteiger charge is 2.29. The SMILES string of the molecule is CC1(CNC(=O)Nc2ccc(Cn3cncn3)cc2)CCCS1. The molecule has 0 radical (unpaired) electrons. The Morgan fingerprint density at radius 1 is 1.39 bits per heavy atom. The number of aromatic nitrogens is 3. The number of rotatable bonds is 5. The Labute approximate surface area is 140 Å². The molecule has 2 N–H and O–H groups in total. The third-order valence-corrected chi connectivity index (χ3v) is 5.48. The molecular formula is C16H21N5OS. The molecule has 1 unspecified atom stereocenters. The van der Waals surface area contributed by atoms with Gasteiger partial charge in [0, 0.05) is 17.0 Å². The van der Waals surface area contributed by atoms with Crippen LogP contribution in [0.25, 0.3) is 0 Å². The van der Waals surface area contributed by atoms with Crippen LogP contribution in [0.15, 0.2) is 36.9 Å². The molecule has 1 aromatic heterocycles. The van der Waals surface area contributed by atoms with Crippen molar-refractivity contribution in [3.63, 3.8) is 0 Å². The van der Waals surface area contributed by atoms with E-state index in [4.69, 9.17) is 0 Å². The van der Waals surface area contributed by atoms with Crippen LogP contribution >= 0.6 is 11.8 Å². The van der Waals surface area contributed by atoms with Crippen molar-refractivity contribution in [2.45, 2.75) is 31.1 Å². The van der Waals surface area contributed by atoms with Crippen LogP contribution in [0.2, 0.25) is 0 Å². The molecule has 3 rings (SSSR count). The van der Waals surface area contributed by atoms with Crippen molar-refractivity contribution >= 4 is 23.5 Å². The summed E-state index contributed by atoms with van der Waals surface area (Å²) in [6, 6.07) is 7.61. The topological polar surface area (TPSA) is 71.8 Å². The Bertz CT molecular complexity index is 635. The molecule has 2 aromatic rings. The number of carbonyl (C=O) groups is 1. The van der Waals surface area contributed by atoms with E-state index in [1.165, 1.54) is 18.5 Å². The van der Waals surface area contributed by atoms with Crippen LogP contribution < -0.4 is 10.6 Å². The number of hydrogen-bond acceptors (Lipinski definition) is 4. The Kier molecular flexibility index (Phi) is 4.85. The lowest BCUT2D eigenvalue weighted by Gasteiger charge is -2.22. The minimum atomic E-state index is -0.150. The summed E-state index contributed by atoms with van der Waals surface area (Å²) in [5, 5.41) is 9.92. The molecular weight excluding hydrogens is 310 g/mol. The first-order valence-electron chi connectivity index (χ1n) is 7.73. The van der Waals surface area contributed by atoms with Gasteiger partial charge in [-0.1, -0.05) is 12.1 Å². The van der Waals surface area contributed by atoms with Crippen LogP contribution in [0.1, 0.15) is 25.3 Å². The van der Waals surface area contributed by atoms with Gasteiger partial charge in [-0.2, -0.15) is 16.9 Å². The quantitative estimate of drug-likeness (QED) is 0.884. The van der Waals surface area contributed by atoms with Gasteiger partial charge in [0.15, 0.2) is 0 Å². The fourth-order valence-corrected chi connectivity index (χ4v) is 3.86. The standard InChI is InChI=1S/C16H21N5OS/c1-16(7-2-8-23-16)10-18-15(22)20-14-5-3-13(4-6-14)9-21-12-17-11-19-21/h3-6,11-12H,2,7-10H2,1H3,(H2,18,20,22). The lowest BCUT2D eigenvalue weighted by Crippen LogP contribution is -2.39. The van der Waals surface area contributed by atoms with Gasteiger partial charge in [-0.05, 0) is 43.2 Å². The highest BCUT2D eigenvalue weighted by molar-refractivity contribution is 8.00. The lowest BCUT2D eigenvalue weighted by molar-refractivity contribution is 0.251. The smallest absolute Gasteiger partial charge is 0.319 e. The molecule has 1 fully saturated rings. The molecule has 0 saturated carbocycles. The van der Waals surface area contributed by atoms with Gasteiger partial charge in [-0.25, -0.2) is 14.5 Å². The monoisotopic (exact) mass is 331 g/mol. The maximum absolute atomic E-state index is 12.0. The Morgan fingerprint density at radius 2 is 2.22 bits per heavy atom. The molecule has 1 aromatic carbocycles. The lowest BCUT2D eigenvalue weighted by atomic mass is 10.1. The van der Waals surface area contributed by atoms with E-state index in [-0.39, 0.29) is 10.8 Å². The van der Waals surface area contributed by atoms with Gasteiger partial charge in [0.1, 0.15) is 12.7 Å². The third-order valence-electron chi connectivity index (χ3n) is 3.95. The number of carbonyl (C=O) groups excluding carboxylic acids is 1. The fraction of sp³-hybridized carbons (Fsp3) is 0.438. The molecule has 2 heterocycles. The molecule has 2 amide bonds. The summed E-state index contributed by atoms with van der Waals surface area (Å²) in [5.41, 5.74) is 1.89. The van der Waals surface area contributed by atoms with E-state index in [0.717, 1.165) is 17.7 Å². The second-order valence-electron chi connectivity index (χ2n) is 6.00. The molecule has 0 spiro atoms. The summed E-state index contributed by atoms with van der Waals surface area (Å²) in [4.78, 5) is 15.9. The second kappa shape index (κ2) is 7.04. The fourth-order valence-electron chi connectivity index (χ4n) is 2.61. The number of amides is 2. The van der Waals surface area contributed by atoms with E-state index in [1.54, 1.807) is 11.0 Å². The molecule has 1 aliphatic heterocycles. The van der Waals surface area contributed by atoms with Crippen molar-refractivity contribution in [2.24, 2.45) is 0 Å². The molecule has 7 heteroatoms. The number of nitrogens with one attached hydrogen (secondary N) is 2. The largest absolute Gasteiger partial charge is 0.336 e. The number of hydrogen-bond donors (Lipinski definition) is 2. The summed E-state index contributed by atoms with van der Waals surface area (Å²) in [6.07, 6.45) is 5.59. The normalized spacial score (nSPS) is 20.4. The number of thioether (sulfide) groups is 1. The predicted molar refractivity (Wildman–Crippen MR) is 92.7 cm³/mol. The summed E-state index contributed by atoms with van der Waals surface area (Å²) < 4.78 is 1.94. The van der Waals surface area contributed by atoms with Crippen LogP contribution in [0.4, 0.5) is 10.5 Å². The zero-order valence-corrected chi connectivity index (χ0v) is 14.0. The average molecular weight is 331 g/mol. The Morgan fingerprint density at radius 3 is 2.87 bits per heavy atom. The van der Waals surface area contributed by atoms with Gasteiger partial charge in [-0.15, -0.1) is 0 Å². The van der Waals surface area contributed by atoms with E-state index in [2.05, 4.69) is 27.6 Å². The number of urea groups is 1. The Balaban J connectivity index is 1.48. The molecule has 1 aliphatic rings. The van der Waals surface area contributed by atoms with Crippen molar-refractivity contribution in [2.75, 3.05) is 17.6 Å². The summed E-state index contributed by atoms with van der Waals surface area (Å²) in [5.74, 6) is 1.19. The van der Waals surface area contributed by atoms with Crippen molar-refractivity contribution < 1.29 is 4.79 Å². The van der Waals surface area contributed by atoms with E-state index < -0.39 is 0 Å². The van der Waals surface area contributed by atoms with Gasteiger partial charge >= 0.3 is 6.03 Å². The minimum Gasteiger partial charge on any atom is -0.336 e. The molecule has 122 valence electrons. The van der Waals surface area contributed by atoms with Crippen LogP contribution in [0, 0.1) is 0 Å². The first-order chi connectivity index (χ1) is 11.1. The highest BCUT2D eigenvalue weighted by Crippen LogP contribution is 2.36. The van der Waals surface area contributed by atoms with Crippen molar-refractivity contribution in [1.82, 2.24) is 20.1 Å². The zero-order valence-electron chi connectivity index (χ0n) is 13.2. The maximum atomic E-state index is 12.0. The van der Waals surface area contributed by atoms with Crippen molar-refractivity contribution in [1.29, 1.82) is 0 Å². The summed E-state index contributed by atoms with van der Waals surface area (Å²) in [7, 11) is 0. The van der Waals surface area contributed by atoms with Gasteiger partial charge in [0.2, 0.25) is 0 Å². The van der Waals surface area contributed by atoms with Crippen molar-refractivity contribution in [3.8, 4) is 0 Å². The maximum Gasteiger partial charge on any atom is 0.319 e. The number of benzene rings is 1. The first kappa shape index (κ1) is 15.9. The third kappa shape index (κ3) is 4.48. The van der Waals surface area contributed by atoms with Gasteiger partial charge in [0.05, 0.1) is 6.54 Å². The van der Waals surface area contributed by atoms with Gasteiger partial charge in [-0.3, -0.25) is 0 Å². The molecule has 6 nitrogen and oxygen atoms in total. The van der Waals surface area contributed by atoms with E-state index >= 15 is 0 Å². The van der Waals surface area contributed by atoms with E-state index in [0.29, 0.717) is 13.1 Å². The molecule has 0 aliphatic carbocycles. The predicted octanol–water partition coefficient (Wildman–Crippen LogP) is 2.73. The summed E-state index contributed by atoms with van der Waals surface area (Å²) >= 11 is 1.94. The number of nitrogens with zero attached hydrogens (tertiary/aromatic N) is 3. The van der Waals surface area contributed by atoms with Gasteiger partial charge in [0.25, 0.3) is 0 Å². The van der Waals surface area contributed by atoms with Crippen LogP contribution in [0.5, 0.6) is 0 Å². The van der Waals surface area contributed by atoms with E-state index in [1.807, 2.05) is 36.0 Å². The van der Waals surface area contributed by atoms with E-state index in [9.17, 15) is 4.79 Å². The highest BCUT2D eigenvalue weighted by atomic mass is 32.2.